The van der Waals surface area contributed by atoms with Crippen LogP contribution < -0.4 is 14.8 Å². The Balaban J connectivity index is 1.53. The van der Waals surface area contributed by atoms with Crippen molar-refractivity contribution in [2.24, 2.45) is 0 Å². The molecule has 0 radical (unpaired) electrons. The van der Waals surface area contributed by atoms with Gasteiger partial charge < -0.3 is 19.9 Å². The van der Waals surface area contributed by atoms with Crippen LogP contribution in [-0.4, -0.2) is 41.3 Å². The summed E-state index contributed by atoms with van der Waals surface area (Å²) in [7, 11) is 1.68. The van der Waals surface area contributed by atoms with Gasteiger partial charge in [0.25, 0.3) is 0 Å². The average molecular weight is 444 g/mol. The molecule has 3 aromatic carbocycles. The molecular formula is C26H25N3O4. The van der Waals surface area contributed by atoms with E-state index in [-0.39, 0.29) is 5.56 Å². The highest BCUT2D eigenvalue weighted by Gasteiger charge is 2.14. The van der Waals surface area contributed by atoms with Gasteiger partial charge in [-0.1, -0.05) is 36.4 Å². The topological polar surface area (TPSA) is 93.6 Å². The van der Waals surface area contributed by atoms with E-state index in [1.165, 1.54) is 16.8 Å². The zero-order chi connectivity index (χ0) is 23.2. The van der Waals surface area contributed by atoms with Gasteiger partial charge in [0, 0.05) is 23.9 Å². The lowest BCUT2D eigenvalue weighted by Crippen LogP contribution is -2.08. The molecule has 0 spiro atoms. The monoisotopic (exact) mass is 443 g/mol. The number of anilines is 1. The molecule has 0 amide bonds. The summed E-state index contributed by atoms with van der Waals surface area (Å²) in [6.45, 7) is 2.83. The van der Waals surface area contributed by atoms with Gasteiger partial charge in [0.1, 0.15) is 22.9 Å². The molecule has 1 aromatic heterocycles. The van der Waals surface area contributed by atoms with Crippen LogP contribution in [0, 0.1) is 0 Å². The Labute approximate surface area is 192 Å². The summed E-state index contributed by atoms with van der Waals surface area (Å²) < 4.78 is 11.1. The molecule has 0 atom stereocenters. The number of carbonyl (C=O) groups is 1. The molecule has 33 heavy (non-hydrogen) atoms. The van der Waals surface area contributed by atoms with Crippen LogP contribution in [0.3, 0.4) is 0 Å². The molecule has 0 aliphatic carbocycles. The molecular weight excluding hydrogens is 418 g/mol. The number of benzene rings is 3. The van der Waals surface area contributed by atoms with E-state index < -0.39 is 5.97 Å². The molecule has 7 heteroatoms. The van der Waals surface area contributed by atoms with Crippen LogP contribution in [0.1, 0.15) is 22.8 Å². The van der Waals surface area contributed by atoms with Gasteiger partial charge in [0.15, 0.2) is 5.82 Å². The fraction of sp³-hybridized carbons (Fsp3) is 0.192. The smallest absolute Gasteiger partial charge is 0.339 e. The number of hydrogen-bond donors (Lipinski definition) is 2. The Kier molecular flexibility index (Phi) is 6.69. The summed E-state index contributed by atoms with van der Waals surface area (Å²) in [6.07, 6.45) is 2.43. The number of aromatic nitrogens is 2. The molecule has 0 bridgehead atoms. The van der Waals surface area contributed by atoms with E-state index in [2.05, 4.69) is 33.5 Å². The van der Waals surface area contributed by atoms with E-state index in [1.54, 1.807) is 31.5 Å². The highest BCUT2D eigenvalue weighted by molar-refractivity contribution is 5.91. The summed E-state index contributed by atoms with van der Waals surface area (Å²) in [5.41, 5.74) is 1.93. The van der Waals surface area contributed by atoms with E-state index in [0.29, 0.717) is 36.1 Å². The van der Waals surface area contributed by atoms with E-state index in [9.17, 15) is 9.90 Å². The second-order valence-electron chi connectivity index (χ2n) is 7.36. The number of nitrogens with zero attached hydrogens (tertiary/aromatic N) is 2. The van der Waals surface area contributed by atoms with Crippen molar-refractivity contribution in [3.05, 3.63) is 78.0 Å². The second kappa shape index (κ2) is 9.99. The summed E-state index contributed by atoms with van der Waals surface area (Å²) in [5.74, 6) is 1.29. The van der Waals surface area contributed by atoms with Crippen molar-refractivity contribution in [2.45, 2.75) is 13.3 Å². The van der Waals surface area contributed by atoms with E-state index in [4.69, 9.17) is 9.47 Å². The number of fused-ring (bicyclic) bond motifs is 1. The SMILES string of the molecule is CCOc1cc(-c2nccc(NCCc3c(OC)ccc4ccccc34)n2)ccc1C(=O)O. The van der Waals surface area contributed by atoms with Crippen LogP contribution in [0.5, 0.6) is 11.5 Å². The molecule has 0 unspecified atom stereocenters. The van der Waals surface area contributed by atoms with Crippen molar-refractivity contribution in [1.29, 1.82) is 0 Å². The first-order chi connectivity index (χ1) is 16.1. The predicted octanol–water partition coefficient (Wildman–Crippen LogP) is 5.06. The van der Waals surface area contributed by atoms with Gasteiger partial charge in [-0.25, -0.2) is 14.8 Å². The number of nitrogens with one attached hydrogen (secondary N) is 1. The normalized spacial score (nSPS) is 10.7. The standard InChI is InChI=1S/C26H25N3O4/c1-3-33-23-16-18(8-10-21(23)26(30)31)25-28-15-13-24(29-25)27-14-12-20-19-7-5-4-6-17(19)9-11-22(20)32-2/h4-11,13,15-16H,3,12,14H2,1-2H3,(H,30,31)(H,27,28,29). The average Bonchev–Trinajstić information content (AvgIpc) is 2.84. The lowest BCUT2D eigenvalue weighted by atomic mass is 10.0. The minimum Gasteiger partial charge on any atom is -0.496 e. The van der Waals surface area contributed by atoms with Gasteiger partial charge in [0.05, 0.1) is 13.7 Å². The Morgan fingerprint density at radius 1 is 1.06 bits per heavy atom. The molecule has 2 N–H and O–H groups in total. The highest BCUT2D eigenvalue weighted by Crippen LogP contribution is 2.29. The van der Waals surface area contributed by atoms with Gasteiger partial charge >= 0.3 is 5.97 Å². The lowest BCUT2D eigenvalue weighted by Gasteiger charge is -2.13. The number of ether oxygens (including phenoxy) is 2. The second-order valence-corrected chi connectivity index (χ2v) is 7.36. The molecule has 168 valence electrons. The largest absolute Gasteiger partial charge is 0.496 e. The maximum absolute atomic E-state index is 11.4. The summed E-state index contributed by atoms with van der Waals surface area (Å²) in [4.78, 5) is 20.4. The van der Waals surface area contributed by atoms with Crippen molar-refractivity contribution in [2.75, 3.05) is 25.6 Å². The number of carboxylic acid groups (broad SMARTS) is 1. The number of hydrogen-bond acceptors (Lipinski definition) is 6. The van der Waals surface area contributed by atoms with E-state index in [1.807, 2.05) is 25.1 Å². The number of methoxy groups -OCH3 is 1. The van der Waals surface area contributed by atoms with E-state index in [0.717, 1.165) is 17.7 Å². The van der Waals surface area contributed by atoms with Crippen LogP contribution in [0.4, 0.5) is 5.82 Å². The van der Waals surface area contributed by atoms with Crippen LogP contribution in [0.25, 0.3) is 22.2 Å². The van der Waals surface area contributed by atoms with Gasteiger partial charge in [-0.2, -0.15) is 0 Å². The van der Waals surface area contributed by atoms with Crippen LogP contribution in [0.2, 0.25) is 0 Å². The summed E-state index contributed by atoms with van der Waals surface area (Å²) >= 11 is 0. The lowest BCUT2D eigenvalue weighted by molar-refractivity contribution is 0.0692. The zero-order valence-corrected chi connectivity index (χ0v) is 18.5. The van der Waals surface area contributed by atoms with Gasteiger partial charge in [-0.05, 0) is 48.4 Å². The number of aromatic carboxylic acids is 1. The molecule has 4 aromatic rings. The molecule has 7 nitrogen and oxygen atoms in total. The number of carboxylic acids is 1. The maximum Gasteiger partial charge on any atom is 0.339 e. The minimum atomic E-state index is -1.04. The molecule has 4 rings (SSSR count). The molecule has 0 saturated carbocycles. The molecule has 0 aliphatic heterocycles. The van der Waals surface area contributed by atoms with Crippen LogP contribution >= 0.6 is 0 Å². The first-order valence-corrected chi connectivity index (χ1v) is 10.7. The Morgan fingerprint density at radius 3 is 2.70 bits per heavy atom. The fourth-order valence-electron chi connectivity index (χ4n) is 3.79. The van der Waals surface area contributed by atoms with Crippen molar-refractivity contribution in [1.82, 2.24) is 9.97 Å². The molecule has 1 heterocycles. The van der Waals surface area contributed by atoms with Crippen LogP contribution in [-0.2, 0) is 6.42 Å². The Morgan fingerprint density at radius 2 is 1.91 bits per heavy atom. The van der Waals surface area contributed by atoms with Crippen molar-refractivity contribution >= 4 is 22.6 Å². The predicted molar refractivity (Wildman–Crippen MR) is 128 cm³/mol. The Hall–Kier alpha value is -4.13. The van der Waals surface area contributed by atoms with Crippen molar-refractivity contribution < 1.29 is 19.4 Å². The van der Waals surface area contributed by atoms with Crippen molar-refractivity contribution in [3.63, 3.8) is 0 Å². The van der Waals surface area contributed by atoms with Gasteiger partial charge in [-0.3, -0.25) is 0 Å². The third-order valence-electron chi connectivity index (χ3n) is 5.32. The summed E-state index contributed by atoms with van der Waals surface area (Å²) in [5, 5.41) is 15.1. The quantitative estimate of drug-likeness (QED) is 0.374. The molecule has 0 saturated heterocycles. The molecule has 0 fully saturated rings. The Bertz CT molecular complexity index is 1290. The first-order valence-electron chi connectivity index (χ1n) is 10.7. The third-order valence-corrected chi connectivity index (χ3v) is 5.32. The first kappa shape index (κ1) is 22.1. The molecule has 0 aliphatic rings. The van der Waals surface area contributed by atoms with Crippen molar-refractivity contribution in [3.8, 4) is 22.9 Å². The van der Waals surface area contributed by atoms with Gasteiger partial charge in [0.2, 0.25) is 0 Å². The number of rotatable bonds is 9. The fourth-order valence-corrected chi connectivity index (χ4v) is 3.79. The third kappa shape index (κ3) is 4.87. The zero-order valence-electron chi connectivity index (χ0n) is 18.5. The maximum atomic E-state index is 11.4. The highest BCUT2D eigenvalue weighted by atomic mass is 16.5. The van der Waals surface area contributed by atoms with Gasteiger partial charge in [-0.15, -0.1) is 0 Å². The van der Waals surface area contributed by atoms with Crippen LogP contribution in [0.15, 0.2) is 66.9 Å². The van der Waals surface area contributed by atoms with E-state index >= 15 is 0 Å². The summed E-state index contributed by atoms with van der Waals surface area (Å²) in [6, 6.07) is 19.0. The minimum absolute atomic E-state index is 0.110.